The number of amides is 1. The molecule has 5 nitrogen and oxygen atoms in total. The lowest BCUT2D eigenvalue weighted by molar-refractivity contribution is -0.116. The van der Waals surface area contributed by atoms with Crippen LogP contribution in [0.25, 0.3) is 0 Å². The highest BCUT2D eigenvalue weighted by Crippen LogP contribution is 2.33. The predicted molar refractivity (Wildman–Crippen MR) is 124 cm³/mol. The van der Waals surface area contributed by atoms with Gasteiger partial charge in [0.05, 0.1) is 17.6 Å². The van der Waals surface area contributed by atoms with E-state index in [0.29, 0.717) is 16.4 Å². The molecule has 0 bridgehead atoms. The third-order valence-electron chi connectivity index (χ3n) is 4.29. The number of rotatable bonds is 7. The minimum atomic E-state index is -3.70. The zero-order chi connectivity index (χ0) is 21.7. The lowest BCUT2D eigenvalue weighted by Crippen LogP contribution is -2.45. The fourth-order valence-corrected chi connectivity index (χ4v) is 5.13. The molecule has 0 saturated heterocycles. The van der Waals surface area contributed by atoms with Crippen molar-refractivity contribution in [2.75, 3.05) is 15.9 Å². The third-order valence-corrected chi connectivity index (χ3v) is 6.86. The van der Waals surface area contributed by atoms with Crippen LogP contribution in [0.2, 0.25) is 5.02 Å². The topological polar surface area (TPSA) is 66.5 Å². The Bertz CT molecular complexity index is 1120. The van der Waals surface area contributed by atoms with Crippen molar-refractivity contribution >= 4 is 50.7 Å². The molecule has 0 aliphatic carbocycles. The predicted octanol–water partition coefficient (Wildman–Crippen LogP) is 5.28. The van der Waals surface area contributed by atoms with E-state index in [9.17, 15) is 13.2 Å². The van der Waals surface area contributed by atoms with Crippen LogP contribution >= 0.6 is 23.4 Å². The van der Waals surface area contributed by atoms with Crippen LogP contribution < -0.4 is 9.62 Å². The number of benzene rings is 3. The van der Waals surface area contributed by atoms with Gasteiger partial charge in [-0.2, -0.15) is 0 Å². The highest BCUT2D eigenvalue weighted by Gasteiger charge is 2.29. The van der Waals surface area contributed by atoms with Gasteiger partial charge in [-0.3, -0.25) is 9.10 Å². The molecular weight excluding hydrogens is 440 g/mol. The van der Waals surface area contributed by atoms with Gasteiger partial charge >= 0.3 is 0 Å². The van der Waals surface area contributed by atoms with E-state index in [1.807, 2.05) is 48.5 Å². The molecule has 8 heteroatoms. The average molecular weight is 461 g/mol. The fourth-order valence-electron chi connectivity index (χ4n) is 2.91. The van der Waals surface area contributed by atoms with E-state index >= 15 is 0 Å². The van der Waals surface area contributed by atoms with Crippen LogP contribution in [0.1, 0.15) is 6.92 Å². The van der Waals surface area contributed by atoms with Crippen molar-refractivity contribution in [2.45, 2.75) is 22.8 Å². The molecule has 0 aliphatic heterocycles. The molecule has 0 unspecified atom stereocenters. The quantitative estimate of drug-likeness (QED) is 0.520. The molecule has 1 atom stereocenters. The molecule has 3 aromatic carbocycles. The third kappa shape index (κ3) is 5.56. The van der Waals surface area contributed by atoms with Gasteiger partial charge in [0.15, 0.2) is 0 Å². The first-order valence-corrected chi connectivity index (χ1v) is 12.2. The lowest BCUT2D eigenvalue weighted by Gasteiger charge is -2.28. The first kappa shape index (κ1) is 22.2. The van der Waals surface area contributed by atoms with Gasteiger partial charge in [-0.25, -0.2) is 8.42 Å². The summed E-state index contributed by atoms with van der Waals surface area (Å²) < 4.78 is 26.0. The van der Waals surface area contributed by atoms with Crippen LogP contribution in [0.5, 0.6) is 0 Å². The molecule has 156 valence electrons. The summed E-state index contributed by atoms with van der Waals surface area (Å²) in [5, 5.41) is 3.35. The smallest absolute Gasteiger partial charge is 0.248 e. The molecule has 3 aromatic rings. The number of para-hydroxylation sites is 1. The van der Waals surface area contributed by atoms with Gasteiger partial charge in [0.1, 0.15) is 6.04 Å². The Kier molecular flexibility index (Phi) is 7.07. The van der Waals surface area contributed by atoms with Crippen molar-refractivity contribution in [1.29, 1.82) is 0 Å². The maximum atomic E-state index is 13.0. The van der Waals surface area contributed by atoms with Gasteiger partial charge in [0.2, 0.25) is 15.9 Å². The summed E-state index contributed by atoms with van der Waals surface area (Å²) in [5.41, 5.74) is 0.990. The molecule has 1 N–H and O–H groups in total. The Morgan fingerprint density at radius 3 is 2.20 bits per heavy atom. The first-order valence-electron chi connectivity index (χ1n) is 9.13. The number of halogens is 1. The van der Waals surface area contributed by atoms with Gasteiger partial charge in [-0.05, 0) is 55.5 Å². The van der Waals surface area contributed by atoms with E-state index < -0.39 is 22.0 Å². The largest absolute Gasteiger partial charge is 0.323 e. The van der Waals surface area contributed by atoms with Gasteiger partial charge < -0.3 is 5.32 Å². The van der Waals surface area contributed by atoms with E-state index in [0.717, 1.165) is 20.4 Å². The highest BCUT2D eigenvalue weighted by atomic mass is 35.5. The molecule has 30 heavy (non-hydrogen) atoms. The fraction of sp³-hybridized carbons (Fsp3) is 0.136. The Balaban J connectivity index is 1.85. The number of anilines is 2. The number of hydrogen-bond acceptors (Lipinski definition) is 4. The maximum Gasteiger partial charge on any atom is 0.248 e. The summed E-state index contributed by atoms with van der Waals surface area (Å²) >= 11 is 7.43. The van der Waals surface area contributed by atoms with E-state index in [1.54, 1.807) is 37.3 Å². The molecule has 3 rings (SSSR count). The van der Waals surface area contributed by atoms with Crippen molar-refractivity contribution in [1.82, 2.24) is 0 Å². The Labute approximate surface area is 186 Å². The van der Waals surface area contributed by atoms with Crippen LogP contribution in [-0.2, 0) is 14.8 Å². The first-order chi connectivity index (χ1) is 14.3. The maximum absolute atomic E-state index is 13.0. The number of carbonyl (C=O) groups excluding carboxylic acids is 1. The van der Waals surface area contributed by atoms with Gasteiger partial charge in [0, 0.05) is 14.8 Å². The number of sulfonamides is 1. The van der Waals surface area contributed by atoms with Crippen LogP contribution in [0.15, 0.2) is 88.7 Å². The van der Waals surface area contributed by atoms with Crippen molar-refractivity contribution in [3.05, 3.63) is 83.9 Å². The number of nitrogens with zero attached hydrogens (tertiary/aromatic N) is 1. The molecule has 0 heterocycles. The molecule has 0 aromatic heterocycles. The molecule has 0 aliphatic rings. The number of hydrogen-bond donors (Lipinski definition) is 1. The minimum Gasteiger partial charge on any atom is -0.323 e. The molecular formula is C22H21ClN2O3S2. The van der Waals surface area contributed by atoms with Crippen molar-refractivity contribution in [3.8, 4) is 0 Å². The van der Waals surface area contributed by atoms with Crippen LogP contribution in [-0.4, -0.2) is 26.6 Å². The summed E-state index contributed by atoms with van der Waals surface area (Å²) in [5.74, 6) is -0.434. The summed E-state index contributed by atoms with van der Waals surface area (Å²) in [6.07, 6.45) is 1.07. The zero-order valence-corrected chi connectivity index (χ0v) is 18.8. The van der Waals surface area contributed by atoms with Crippen molar-refractivity contribution < 1.29 is 13.2 Å². The van der Waals surface area contributed by atoms with Gasteiger partial charge in [0.25, 0.3) is 0 Å². The standard InChI is InChI=1S/C22H21ClN2O3S2/c1-16(25(30(2,27)28)18-14-12-17(23)13-15-18)22(26)24-20-10-6-7-11-21(20)29-19-8-4-3-5-9-19/h3-16H,1-2H3,(H,24,26)/t16-/m0/s1. The zero-order valence-electron chi connectivity index (χ0n) is 16.4. The number of nitrogens with one attached hydrogen (secondary N) is 1. The summed E-state index contributed by atoms with van der Waals surface area (Å²) in [6, 6.07) is 22.6. The van der Waals surface area contributed by atoms with E-state index in [4.69, 9.17) is 11.6 Å². The second-order valence-electron chi connectivity index (χ2n) is 6.61. The van der Waals surface area contributed by atoms with Crippen LogP contribution in [0, 0.1) is 0 Å². The second kappa shape index (κ2) is 9.55. The van der Waals surface area contributed by atoms with Crippen LogP contribution in [0.4, 0.5) is 11.4 Å². The van der Waals surface area contributed by atoms with E-state index in [1.165, 1.54) is 11.8 Å². The normalized spacial score (nSPS) is 12.2. The van der Waals surface area contributed by atoms with E-state index in [-0.39, 0.29) is 0 Å². The Morgan fingerprint density at radius 1 is 0.967 bits per heavy atom. The van der Waals surface area contributed by atoms with E-state index in [2.05, 4.69) is 5.32 Å². The lowest BCUT2D eigenvalue weighted by atomic mass is 10.2. The Hall–Kier alpha value is -2.48. The molecule has 1 amide bonds. The molecule has 0 radical (unpaired) electrons. The summed E-state index contributed by atoms with van der Waals surface area (Å²) in [4.78, 5) is 14.9. The summed E-state index contributed by atoms with van der Waals surface area (Å²) in [7, 11) is -3.70. The van der Waals surface area contributed by atoms with Gasteiger partial charge in [-0.1, -0.05) is 53.7 Å². The second-order valence-corrected chi connectivity index (χ2v) is 10.0. The highest BCUT2D eigenvalue weighted by molar-refractivity contribution is 7.99. The monoisotopic (exact) mass is 460 g/mol. The van der Waals surface area contributed by atoms with Crippen molar-refractivity contribution in [3.63, 3.8) is 0 Å². The molecule has 0 spiro atoms. The van der Waals surface area contributed by atoms with Crippen molar-refractivity contribution in [2.24, 2.45) is 0 Å². The Morgan fingerprint density at radius 2 is 1.57 bits per heavy atom. The van der Waals surface area contributed by atoms with Crippen LogP contribution in [0.3, 0.4) is 0 Å². The SMILES string of the molecule is C[C@@H](C(=O)Nc1ccccc1Sc1ccccc1)N(c1ccc(Cl)cc1)S(C)(=O)=O. The summed E-state index contributed by atoms with van der Waals surface area (Å²) in [6.45, 7) is 1.55. The molecule has 0 fully saturated rings. The average Bonchev–Trinajstić information content (AvgIpc) is 2.71. The number of carbonyl (C=O) groups is 1. The molecule has 0 saturated carbocycles. The minimum absolute atomic E-state index is 0.372. The van der Waals surface area contributed by atoms with Gasteiger partial charge in [-0.15, -0.1) is 0 Å².